The van der Waals surface area contributed by atoms with Crippen LogP contribution in [0.4, 0.5) is 0 Å². The summed E-state index contributed by atoms with van der Waals surface area (Å²) in [5, 5.41) is 10.3. The van der Waals surface area contributed by atoms with Crippen LogP contribution >= 0.6 is 23.4 Å². The number of benzene rings is 2. The molecule has 32 heavy (non-hydrogen) atoms. The van der Waals surface area contributed by atoms with Crippen molar-refractivity contribution < 1.29 is 9.69 Å². The molecule has 3 rings (SSSR count). The quantitative estimate of drug-likeness (QED) is 0.483. The van der Waals surface area contributed by atoms with Crippen molar-refractivity contribution in [2.45, 2.75) is 44.6 Å². The van der Waals surface area contributed by atoms with E-state index in [9.17, 15) is 4.79 Å². The molecule has 0 bridgehead atoms. The van der Waals surface area contributed by atoms with E-state index in [4.69, 9.17) is 11.6 Å². The largest absolute Gasteiger partial charge is 0.335 e. The minimum absolute atomic E-state index is 0.0762. The smallest absolute Gasteiger partial charge is 0.233 e. The van der Waals surface area contributed by atoms with Crippen molar-refractivity contribution in [1.82, 2.24) is 19.7 Å². The van der Waals surface area contributed by atoms with Crippen LogP contribution in [0.5, 0.6) is 0 Å². The van der Waals surface area contributed by atoms with Gasteiger partial charge in [-0.3, -0.25) is 9.36 Å². The molecule has 0 fully saturated rings. The number of quaternary nitrogens is 1. The van der Waals surface area contributed by atoms with Crippen molar-refractivity contribution in [2.24, 2.45) is 0 Å². The Morgan fingerprint density at radius 1 is 1.06 bits per heavy atom. The number of hydrogen-bond acceptors (Lipinski definition) is 4. The van der Waals surface area contributed by atoms with E-state index < -0.39 is 0 Å². The van der Waals surface area contributed by atoms with Gasteiger partial charge in [0.2, 0.25) is 5.91 Å². The van der Waals surface area contributed by atoms with Gasteiger partial charge in [0.05, 0.1) is 19.8 Å². The fourth-order valence-corrected chi connectivity index (χ4v) is 4.27. The molecule has 3 aromatic rings. The van der Waals surface area contributed by atoms with Crippen LogP contribution in [0.15, 0.2) is 59.8 Å². The van der Waals surface area contributed by atoms with Crippen molar-refractivity contribution in [3.63, 3.8) is 0 Å². The highest BCUT2D eigenvalue weighted by molar-refractivity contribution is 7.99. The molecule has 1 N–H and O–H groups in total. The number of aromatic nitrogens is 3. The number of hydrogen-bond donors (Lipinski definition) is 1. The number of carbonyl (C=O) groups excluding carboxylic acids is 1. The molecule has 1 aromatic heterocycles. The molecule has 0 radical (unpaired) electrons. The number of amides is 1. The van der Waals surface area contributed by atoms with Gasteiger partial charge in [-0.1, -0.05) is 53.7 Å². The Morgan fingerprint density at radius 2 is 1.72 bits per heavy atom. The Hall–Kier alpha value is -2.35. The molecule has 8 heteroatoms. The van der Waals surface area contributed by atoms with Gasteiger partial charge in [0.25, 0.3) is 0 Å². The van der Waals surface area contributed by atoms with Crippen LogP contribution in [0.25, 0.3) is 5.69 Å². The number of nitrogens with zero attached hydrogens (tertiary/aromatic N) is 4. The number of nitrogens with one attached hydrogen (secondary N) is 1. The highest BCUT2D eigenvalue weighted by Crippen LogP contribution is 2.26. The lowest BCUT2D eigenvalue weighted by atomic mass is 10.2. The maximum Gasteiger partial charge on any atom is 0.233 e. The topological polar surface area (TPSA) is 55.5 Å². The van der Waals surface area contributed by atoms with Crippen molar-refractivity contribution in [2.75, 3.05) is 19.8 Å². The SMILES string of the molecule is CC(C)N(Cc1ccccc1)C(=O)CSc1nnc([C@H](C)[NH+](C)C)n1-c1ccc(Cl)cc1. The minimum Gasteiger partial charge on any atom is -0.335 e. The van der Waals surface area contributed by atoms with Crippen LogP contribution in [-0.2, 0) is 11.3 Å². The maximum atomic E-state index is 13.1. The third-order valence-electron chi connectivity index (χ3n) is 5.46. The molecule has 0 spiro atoms. The third kappa shape index (κ3) is 5.91. The number of halogens is 1. The van der Waals surface area contributed by atoms with Crippen molar-refractivity contribution in [3.05, 3.63) is 71.0 Å². The van der Waals surface area contributed by atoms with E-state index in [0.717, 1.165) is 17.1 Å². The summed E-state index contributed by atoms with van der Waals surface area (Å²) in [5.74, 6) is 1.22. The summed E-state index contributed by atoms with van der Waals surface area (Å²) in [6.07, 6.45) is 0. The standard InChI is InChI=1S/C24H30ClN5OS/c1-17(2)29(15-19-9-7-6-8-10-19)22(31)16-32-24-27-26-23(18(3)28(4)5)30(24)21-13-11-20(25)12-14-21/h6-14,17-18H,15-16H2,1-5H3/p+1/t18-/m0/s1. The molecule has 1 atom stereocenters. The highest BCUT2D eigenvalue weighted by atomic mass is 35.5. The predicted octanol–water partition coefficient (Wildman–Crippen LogP) is 3.66. The van der Waals surface area contributed by atoms with Gasteiger partial charge >= 0.3 is 0 Å². The summed E-state index contributed by atoms with van der Waals surface area (Å²) in [7, 11) is 4.18. The van der Waals surface area contributed by atoms with E-state index in [1.807, 2.05) is 77.9 Å². The summed E-state index contributed by atoms with van der Waals surface area (Å²) in [6, 6.07) is 17.9. The van der Waals surface area contributed by atoms with Crippen molar-refractivity contribution in [1.29, 1.82) is 0 Å². The second-order valence-electron chi connectivity index (χ2n) is 8.34. The van der Waals surface area contributed by atoms with Gasteiger partial charge in [0, 0.05) is 23.3 Å². The summed E-state index contributed by atoms with van der Waals surface area (Å²) in [4.78, 5) is 16.3. The van der Waals surface area contributed by atoms with Gasteiger partial charge in [0.1, 0.15) is 6.04 Å². The Morgan fingerprint density at radius 3 is 2.31 bits per heavy atom. The highest BCUT2D eigenvalue weighted by Gasteiger charge is 2.25. The van der Waals surface area contributed by atoms with Crippen LogP contribution in [0.2, 0.25) is 5.02 Å². The average Bonchev–Trinajstić information content (AvgIpc) is 3.20. The second kappa shape index (κ2) is 11.0. The maximum absolute atomic E-state index is 13.1. The summed E-state index contributed by atoms with van der Waals surface area (Å²) < 4.78 is 2.03. The van der Waals surface area contributed by atoms with Gasteiger partial charge < -0.3 is 9.80 Å². The molecule has 0 aliphatic carbocycles. The fraction of sp³-hybridized carbons (Fsp3) is 0.375. The lowest BCUT2D eigenvalue weighted by Crippen LogP contribution is -3.05. The normalized spacial score (nSPS) is 12.4. The average molecular weight is 473 g/mol. The zero-order valence-electron chi connectivity index (χ0n) is 19.2. The molecular weight excluding hydrogens is 442 g/mol. The van der Waals surface area contributed by atoms with Crippen molar-refractivity contribution in [3.8, 4) is 5.69 Å². The Labute approximate surface area is 199 Å². The van der Waals surface area contributed by atoms with Crippen LogP contribution in [0.3, 0.4) is 0 Å². The summed E-state index contributed by atoms with van der Waals surface area (Å²) >= 11 is 7.52. The number of carbonyl (C=O) groups is 1. The van der Waals surface area contributed by atoms with E-state index in [2.05, 4.69) is 31.2 Å². The van der Waals surface area contributed by atoms with Crippen LogP contribution in [0, 0.1) is 0 Å². The van der Waals surface area contributed by atoms with E-state index >= 15 is 0 Å². The molecule has 2 aromatic carbocycles. The lowest BCUT2D eigenvalue weighted by Gasteiger charge is -2.27. The van der Waals surface area contributed by atoms with Gasteiger partial charge in [-0.05, 0) is 50.6 Å². The first-order valence-electron chi connectivity index (χ1n) is 10.8. The van der Waals surface area contributed by atoms with Crippen LogP contribution in [0.1, 0.15) is 38.2 Å². The first-order chi connectivity index (χ1) is 15.3. The van der Waals surface area contributed by atoms with Gasteiger partial charge in [-0.25, -0.2) is 0 Å². The molecule has 6 nitrogen and oxygen atoms in total. The van der Waals surface area contributed by atoms with Crippen LogP contribution in [-0.4, -0.2) is 51.5 Å². The molecule has 170 valence electrons. The molecule has 0 saturated heterocycles. The number of thioether (sulfide) groups is 1. The van der Waals surface area contributed by atoms with Crippen LogP contribution < -0.4 is 4.90 Å². The molecule has 0 aliphatic rings. The van der Waals surface area contributed by atoms with Gasteiger partial charge in [-0.15, -0.1) is 10.2 Å². The van der Waals surface area contributed by atoms with Crippen molar-refractivity contribution >= 4 is 29.3 Å². The number of rotatable bonds is 9. The van der Waals surface area contributed by atoms with E-state index in [0.29, 0.717) is 22.5 Å². The minimum atomic E-state index is 0.0762. The zero-order valence-corrected chi connectivity index (χ0v) is 20.8. The molecular formula is C24H31ClN5OS+. The monoisotopic (exact) mass is 472 g/mol. The molecule has 0 aliphatic heterocycles. The first kappa shape index (κ1) is 24.3. The van der Waals surface area contributed by atoms with E-state index in [1.54, 1.807) is 0 Å². The summed E-state index contributed by atoms with van der Waals surface area (Å²) in [5.41, 5.74) is 2.05. The summed E-state index contributed by atoms with van der Waals surface area (Å²) in [6.45, 7) is 6.79. The molecule has 1 amide bonds. The zero-order chi connectivity index (χ0) is 23.3. The third-order valence-corrected chi connectivity index (χ3v) is 6.63. The first-order valence-corrected chi connectivity index (χ1v) is 12.1. The second-order valence-corrected chi connectivity index (χ2v) is 9.72. The Bertz CT molecular complexity index is 1020. The fourth-order valence-electron chi connectivity index (χ4n) is 3.29. The molecule has 0 saturated carbocycles. The molecule has 1 heterocycles. The predicted molar refractivity (Wildman–Crippen MR) is 130 cm³/mol. The van der Waals surface area contributed by atoms with E-state index in [-0.39, 0.29) is 18.0 Å². The van der Waals surface area contributed by atoms with E-state index in [1.165, 1.54) is 16.7 Å². The van der Waals surface area contributed by atoms with Gasteiger partial charge in [0.15, 0.2) is 11.0 Å². The Kier molecular flexibility index (Phi) is 8.34. The van der Waals surface area contributed by atoms with Gasteiger partial charge in [-0.2, -0.15) is 0 Å². The Balaban J connectivity index is 1.83. The molecule has 0 unspecified atom stereocenters. The lowest BCUT2D eigenvalue weighted by molar-refractivity contribution is -0.890.